The van der Waals surface area contributed by atoms with Crippen LogP contribution in [0.2, 0.25) is 0 Å². The van der Waals surface area contributed by atoms with Gasteiger partial charge in [0.15, 0.2) is 0 Å². The monoisotopic (exact) mass is 206 g/mol. The number of carbonyl (C=O) groups excluding carboxylic acids is 2. The smallest absolute Gasteiger partial charge is 0.237 e. The lowest BCUT2D eigenvalue weighted by atomic mass is 9.92. The van der Waals surface area contributed by atoms with E-state index in [4.69, 9.17) is 0 Å². The van der Waals surface area contributed by atoms with Gasteiger partial charge < -0.3 is 15.3 Å². The van der Waals surface area contributed by atoms with Gasteiger partial charge in [-0.2, -0.15) is 0 Å². The fourth-order valence-corrected chi connectivity index (χ4v) is 1.45. The highest BCUT2D eigenvalue weighted by atomic mass is 16.3. The number of ketones is 2. The zero-order valence-electron chi connectivity index (χ0n) is 7.39. The first-order chi connectivity index (χ1) is 7.02. The number of hydrogen-bond donors (Lipinski definition) is 3. The summed E-state index contributed by atoms with van der Waals surface area (Å²) in [5.41, 5.74) is -0.570. The summed E-state index contributed by atoms with van der Waals surface area (Å²) < 4.78 is 0. The Morgan fingerprint density at radius 1 is 0.867 bits per heavy atom. The van der Waals surface area contributed by atoms with Crippen LogP contribution < -0.4 is 0 Å². The predicted molar refractivity (Wildman–Crippen MR) is 49.7 cm³/mol. The van der Waals surface area contributed by atoms with Crippen molar-refractivity contribution in [1.82, 2.24) is 0 Å². The van der Waals surface area contributed by atoms with Gasteiger partial charge in [-0.1, -0.05) is 0 Å². The minimum atomic E-state index is -0.948. The van der Waals surface area contributed by atoms with E-state index in [-0.39, 0.29) is 16.9 Å². The molecule has 0 bridgehead atoms. The number of fused-ring (bicyclic) bond motifs is 1. The zero-order chi connectivity index (χ0) is 11.2. The van der Waals surface area contributed by atoms with Crippen molar-refractivity contribution in [3.05, 3.63) is 29.3 Å². The molecule has 76 valence electrons. The molecule has 1 aromatic carbocycles. The van der Waals surface area contributed by atoms with Gasteiger partial charge in [-0.3, -0.25) is 9.59 Å². The normalized spacial score (nSPS) is 14.8. The van der Waals surface area contributed by atoms with Gasteiger partial charge in [0.25, 0.3) is 0 Å². The van der Waals surface area contributed by atoms with Crippen LogP contribution in [0.5, 0.6) is 11.5 Å². The lowest BCUT2D eigenvalue weighted by molar-refractivity contribution is -0.111. The van der Waals surface area contributed by atoms with Crippen molar-refractivity contribution in [2.45, 2.75) is 0 Å². The second-order valence-electron chi connectivity index (χ2n) is 3.08. The number of hydrogen-bond acceptors (Lipinski definition) is 5. The predicted octanol–water partition coefficient (Wildman–Crippen LogP) is 0.762. The van der Waals surface area contributed by atoms with Crippen LogP contribution in [-0.2, 0) is 4.79 Å². The van der Waals surface area contributed by atoms with Gasteiger partial charge in [-0.25, -0.2) is 0 Å². The summed E-state index contributed by atoms with van der Waals surface area (Å²) in [6.45, 7) is 0. The van der Waals surface area contributed by atoms with E-state index >= 15 is 0 Å². The number of benzene rings is 1. The van der Waals surface area contributed by atoms with E-state index in [1.54, 1.807) is 0 Å². The lowest BCUT2D eigenvalue weighted by Gasteiger charge is -2.14. The van der Waals surface area contributed by atoms with Crippen LogP contribution in [0.4, 0.5) is 0 Å². The van der Waals surface area contributed by atoms with Crippen molar-refractivity contribution in [3.8, 4) is 11.5 Å². The number of Topliss-reactive ketones (excluding diaryl/α,β-unsaturated/α-hetero) is 1. The van der Waals surface area contributed by atoms with Crippen molar-refractivity contribution in [1.29, 1.82) is 0 Å². The van der Waals surface area contributed by atoms with Gasteiger partial charge in [-0.05, 0) is 12.1 Å². The maximum Gasteiger partial charge on any atom is 0.237 e. The SMILES string of the molecule is O=C1C=C(O)c2c(O)ccc(O)c2C1=O. The quantitative estimate of drug-likeness (QED) is 0.430. The molecule has 3 N–H and O–H groups in total. The van der Waals surface area contributed by atoms with E-state index < -0.39 is 23.1 Å². The van der Waals surface area contributed by atoms with E-state index in [0.717, 1.165) is 12.1 Å². The van der Waals surface area contributed by atoms with Crippen LogP contribution in [0.15, 0.2) is 18.2 Å². The van der Waals surface area contributed by atoms with Crippen molar-refractivity contribution in [2.75, 3.05) is 0 Å². The summed E-state index contributed by atoms with van der Waals surface area (Å²) in [7, 11) is 0. The first kappa shape index (κ1) is 9.26. The first-order valence-electron chi connectivity index (χ1n) is 4.07. The van der Waals surface area contributed by atoms with Crippen LogP contribution in [0, 0.1) is 0 Å². The molecule has 1 aromatic rings. The number of aromatic hydroxyl groups is 2. The Balaban J connectivity index is 2.85. The summed E-state index contributed by atoms with van der Waals surface area (Å²) in [5, 5.41) is 28.1. The average Bonchev–Trinajstić information content (AvgIpc) is 2.18. The summed E-state index contributed by atoms with van der Waals surface area (Å²) in [5.74, 6) is -3.21. The average molecular weight is 206 g/mol. The third kappa shape index (κ3) is 1.17. The summed E-state index contributed by atoms with van der Waals surface area (Å²) in [6, 6.07) is 2.21. The van der Waals surface area contributed by atoms with Gasteiger partial charge in [0.2, 0.25) is 11.6 Å². The van der Waals surface area contributed by atoms with E-state index in [9.17, 15) is 24.9 Å². The molecule has 1 aliphatic rings. The number of phenols is 2. The standard InChI is InChI=1S/C10H6O5/c11-4-1-2-5(12)9-8(4)6(13)3-7(14)10(9)15/h1-3,11-13H. The molecule has 1 aliphatic carbocycles. The second-order valence-corrected chi connectivity index (χ2v) is 3.08. The highest BCUT2D eigenvalue weighted by molar-refractivity contribution is 6.51. The summed E-state index contributed by atoms with van der Waals surface area (Å²) >= 11 is 0. The fourth-order valence-electron chi connectivity index (χ4n) is 1.45. The molecule has 0 heterocycles. The highest BCUT2D eigenvalue weighted by Gasteiger charge is 2.30. The molecule has 5 heteroatoms. The maximum atomic E-state index is 11.4. The zero-order valence-corrected chi connectivity index (χ0v) is 7.39. The molecule has 0 amide bonds. The number of aliphatic hydroxyl groups excluding tert-OH is 1. The Hall–Kier alpha value is -2.30. The molecule has 0 radical (unpaired) electrons. The molecule has 0 fully saturated rings. The number of aliphatic hydroxyl groups is 1. The Morgan fingerprint density at radius 2 is 1.40 bits per heavy atom. The molecule has 0 spiro atoms. The number of allylic oxidation sites excluding steroid dienone is 1. The van der Waals surface area contributed by atoms with Gasteiger partial charge in [0.1, 0.15) is 17.3 Å². The molecule has 0 saturated carbocycles. The van der Waals surface area contributed by atoms with Crippen LogP contribution in [0.25, 0.3) is 5.76 Å². The van der Waals surface area contributed by atoms with Crippen LogP contribution >= 0.6 is 0 Å². The molecule has 0 unspecified atom stereocenters. The fraction of sp³-hybridized carbons (Fsp3) is 0. The van der Waals surface area contributed by atoms with E-state index in [1.807, 2.05) is 0 Å². The Bertz CT molecular complexity index is 513. The molecule has 0 saturated heterocycles. The van der Waals surface area contributed by atoms with Gasteiger partial charge in [0.05, 0.1) is 11.1 Å². The molecule has 0 atom stereocenters. The van der Waals surface area contributed by atoms with Crippen molar-refractivity contribution in [3.63, 3.8) is 0 Å². The Kier molecular flexibility index (Phi) is 1.76. The number of phenolic OH excluding ortho intramolecular Hbond substituents is 2. The molecule has 0 aliphatic heterocycles. The minimum absolute atomic E-state index is 0.209. The van der Waals surface area contributed by atoms with Gasteiger partial charge in [-0.15, -0.1) is 0 Å². The number of rotatable bonds is 0. The summed E-state index contributed by atoms with van der Waals surface area (Å²) in [4.78, 5) is 22.4. The maximum absolute atomic E-state index is 11.4. The molecule has 0 aromatic heterocycles. The third-order valence-corrected chi connectivity index (χ3v) is 2.14. The minimum Gasteiger partial charge on any atom is -0.507 e. The Morgan fingerprint density at radius 3 is 2.00 bits per heavy atom. The van der Waals surface area contributed by atoms with Crippen LogP contribution in [-0.4, -0.2) is 26.9 Å². The van der Waals surface area contributed by atoms with Crippen molar-refractivity contribution in [2.24, 2.45) is 0 Å². The van der Waals surface area contributed by atoms with E-state index in [0.29, 0.717) is 6.08 Å². The first-order valence-corrected chi connectivity index (χ1v) is 4.07. The van der Waals surface area contributed by atoms with E-state index in [1.165, 1.54) is 0 Å². The molecular formula is C10H6O5. The van der Waals surface area contributed by atoms with Crippen molar-refractivity contribution >= 4 is 17.3 Å². The topological polar surface area (TPSA) is 94.8 Å². The molecular weight excluding hydrogens is 200 g/mol. The van der Waals surface area contributed by atoms with Crippen LogP contribution in [0.1, 0.15) is 15.9 Å². The highest BCUT2D eigenvalue weighted by Crippen LogP contribution is 2.36. The number of carbonyl (C=O) groups is 2. The largest absolute Gasteiger partial charge is 0.507 e. The van der Waals surface area contributed by atoms with Gasteiger partial charge in [0, 0.05) is 6.08 Å². The van der Waals surface area contributed by atoms with Crippen molar-refractivity contribution < 1.29 is 24.9 Å². The molecule has 15 heavy (non-hydrogen) atoms. The third-order valence-electron chi connectivity index (χ3n) is 2.14. The second kappa shape index (κ2) is 2.84. The van der Waals surface area contributed by atoms with E-state index in [2.05, 4.69) is 0 Å². The lowest BCUT2D eigenvalue weighted by Crippen LogP contribution is -2.18. The molecule has 5 nitrogen and oxygen atoms in total. The van der Waals surface area contributed by atoms with Crippen LogP contribution in [0.3, 0.4) is 0 Å². The Labute approximate surface area is 83.9 Å². The van der Waals surface area contributed by atoms with Gasteiger partial charge >= 0.3 is 0 Å². The molecule has 2 rings (SSSR count). The summed E-state index contributed by atoms with van der Waals surface area (Å²) in [6.07, 6.45) is 0.712.